The fourth-order valence-corrected chi connectivity index (χ4v) is 4.74. The number of nitrogens with one attached hydrogen (secondary N) is 1. The molecule has 1 amide bonds. The Morgan fingerprint density at radius 2 is 1.89 bits per heavy atom. The van der Waals surface area contributed by atoms with Gasteiger partial charge in [0.2, 0.25) is 6.41 Å². The predicted octanol–water partition coefficient (Wildman–Crippen LogP) is 5.01. The third kappa shape index (κ3) is 6.19. The van der Waals surface area contributed by atoms with Crippen LogP contribution < -0.4 is 9.47 Å². The van der Waals surface area contributed by atoms with Crippen molar-refractivity contribution in [2.75, 3.05) is 26.9 Å². The molecule has 1 aliphatic rings. The number of para-hydroxylation sites is 1. The lowest BCUT2D eigenvalue weighted by Gasteiger charge is -2.33. The Morgan fingerprint density at radius 1 is 1.14 bits per heavy atom. The molecule has 2 atom stereocenters. The van der Waals surface area contributed by atoms with Gasteiger partial charge in [-0.1, -0.05) is 47.5 Å². The molecule has 0 fully saturated rings. The number of amides is 1. The van der Waals surface area contributed by atoms with Crippen molar-refractivity contribution in [3.8, 4) is 11.5 Å². The van der Waals surface area contributed by atoms with Crippen molar-refractivity contribution in [2.24, 2.45) is 0 Å². The number of aromatic amines is 1. The van der Waals surface area contributed by atoms with Crippen LogP contribution in [0.3, 0.4) is 0 Å². The summed E-state index contributed by atoms with van der Waals surface area (Å²) < 4.78 is 10.4. The van der Waals surface area contributed by atoms with Crippen molar-refractivity contribution in [1.29, 1.82) is 0 Å². The van der Waals surface area contributed by atoms with Crippen LogP contribution >= 0.6 is 23.2 Å². The van der Waals surface area contributed by atoms with Crippen LogP contribution in [0.25, 0.3) is 10.9 Å². The van der Waals surface area contributed by atoms with Gasteiger partial charge < -0.3 is 29.6 Å². The molecule has 3 aromatic carbocycles. The van der Waals surface area contributed by atoms with Crippen molar-refractivity contribution in [1.82, 2.24) is 9.88 Å². The summed E-state index contributed by atoms with van der Waals surface area (Å²) in [5.74, 6) is 1.31. The molecule has 0 saturated heterocycles. The minimum absolute atomic E-state index is 0.0205. The van der Waals surface area contributed by atoms with Gasteiger partial charge in [-0.2, -0.15) is 0 Å². The number of carbonyl (C=O) groups excluding carboxylic acids is 1. The van der Waals surface area contributed by atoms with Gasteiger partial charge in [0.15, 0.2) is 0 Å². The number of aliphatic hydroxyl groups excluding tert-OH is 2. The van der Waals surface area contributed by atoms with Gasteiger partial charge in [0, 0.05) is 28.2 Å². The maximum atomic E-state index is 11.7. The number of methoxy groups -OCH3 is 1. The van der Waals surface area contributed by atoms with E-state index in [2.05, 4.69) is 4.98 Å². The summed E-state index contributed by atoms with van der Waals surface area (Å²) in [6.07, 6.45) is 0.739. The number of halogens is 2. The predicted molar refractivity (Wildman–Crippen MR) is 145 cm³/mol. The maximum absolute atomic E-state index is 11.7. The molecular weight excluding hydrogens is 515 g/mol. The average Bonchev–Trinajstić information content (AvgIpc) is 3.29. The van der Waals surface area contributed by atoms with Gasteiger partial charge >= 0.3 is 0 Å². The van der Waals surface area contributed by atoms with Crippen molar-refractivity contribution in [2.45, 2.75) is 18.6 Å². The molecule has 0 bridgehead atoms. The molecule has 7 nitrogen and oxygen atoms in total. The van der Waals surface area contributed by atoms with Crippen molar-refractivity contribution < 1.29 is 24.5 Å². The molecule has 194 valence electrons. The number of H-pyrrole nitrogens is 1. The second kappa shape index (κ2) is 12.3. The van der Waals surface area contributed by atoms with E-state index in [4.69, 9.17) is 37.8 Å². The summed E-state index contributed by atoms with van der Waals surface area (Å²) in [5, 5.41) is 20.7. The second-order valence-electron chi connectivity index (χ2n) is 8.55. The number of nitrogens with zero attached hydrogens (tertiary/aromatic N) is 1. The molecule has 0 aliphatic carbocycles. The first-order valence-corrected chi connectivity index (χ1v) is 12.5. The van der Waals surface area contributed by atoms with Crippen LogP contribution in [0.15, 0.2) is 66.7 Å². The zero-order valence-corrected chi connectivity index (χ0v) is 21.7. The Hall–Kier alpha value is -3.23. The average molecular weight is 543 g/mol. The molecule has 5 rings (SSSR count). The highest BCUT2D eigenvalue weighted by Gasteiger charge is 2.31. The first kappa shape index (κ1) is 26.8. The zero-order chi connectivity index (χ0) is 26.4. The SMILES string of the molecule is COc1ccccc1Cl.O=CN1CCc2c([nH]c3ccc(Cl)cc23)C1c1ccc(OCC(O)CO)cc1. The summed E-state index contributed by atoms with van der Waals surface area (Å²) in [7, 11) is 1.60. The number of benzene rings is 3. The molecular formula is C28H28Cl2N2O5. The topological polar surface area (TPSA) is 95.0 Å². The Bertz CT molecular complexity index is 1340. The number of rotatable bonds is 7. The second-order valence-corrected chi connectivity index (χ2v) is 9.40. The summed E-state index contributed by atoms with van der Waals surface area (Å²) in [4.78, 5) is 17.0. The van der Waals surface area contributed by atoms with E-state index >= 15 is 0 Å². The first-order chi connectivity index (χ1) is 17.9. The fourth-order valence-electron chi connectivity index (χ4n) is 4.35. The van der Waals surface area contributed by atoms with E-state index in [1.807, 2.05) is 48.5 Å². The van der Waals surface area contributed by atoms with Gasteiger partial charge in [-0.25, -0.2) is 0 Å². The molecule has 4 aromatic rings. The van der Waals surface area contributed by atoms with Gasteiger partial charge in [-0.05, 0) is 60.0 Å². The Labute approximate surface area is 225 Å². The third-order valence-corrected chi connectivity index (χ3v) is 6.71. The normalized spacial score (nSPS) is 15.4. The summed E-state index contributed by atoms with van der Waals surface area (Å²) in [5.41, 5.74) is 4.15. The minimum atomic E-state index is -0.913. The van der Waals surface area contributed by atoms with Crippen LogP contribution in [0.2, 0.25) is 10.0 Å². The number of fused-ring (bicyclic) bond motifs is 3. The first-order valence-electron chi connectivity index (χ1n) is 11.8. The summed E-state index contributed by atoms with van der Waals surface area (Å²) in [6.45, 7) is 0.301. The van der Waals surface area contributed by atoms with Crippen LogP contribution in [-0.4, -0.2) is 59.5 Å². The number of hydrogen-bond donors (Lipinski definition) is 3. The van der Waals surface area contributed by atoms with Gasteiger partial charge in [0.05, 0.1) is 24.8 Å². The molecule has 9 heteroatoms. The van der Waals surface area contributed by atoms with Crippen LogP contribution in [0.1, 0.15) is 22.9 Å². The Kier molecular flexibility index (Phi) is 8.95. The fraction of sp³-hybridized carbons (Fsp3) is 0.250. The van der Waals surface area contributed by atoms with E-state index < -0.39 is 6.10 Å². The lowest BCUT2D eigenvalue weighted by Crippen LogP contribution is -2.34. The van der Waals surface area contributed by atoms with E-state index in [1.165, 1.54) is 5.56 Å². The number of aromatic nitrogens is 1. The van der Waals surface area contributed by atoms with Gasteiger partial charge in [0.1, 0.15) is 24.2 Å². The lowest BCUT2D eigenvalue weighted by atomic mass is 9.93. The van der Waals surface area contributed by atoms with Crippen molar-refractivity contribution in [3.63, 3.8) is 0 Å². The largest absolute Gasteiger partial charge is 0.495 e. The quantitative estimate of drug-likeness (QED) is 0.285. The van der Waals surface area contributed by atoms with Crippen LogP contribution in [0.5, 0.6) is 11.5 Å². The Morgan fingerprint density at radius 3 is 2.54 bits per heavy atom. The van der Waals surface area contributed by atoms with Crippen LogP contribution in [0.4, 0.5) is 0 Å². The van der Waals surface area contributed by atoms with Gasteiger partial charge in [-0.3, -0.25) is 4.79 Å². The van der Waals surface area contributed by atoms with Gasteiger partial charge in [0.25, 0.3) is 0 Å². The lowest BCUT2D eigenvalue weighted by molar-refractivity contribution is -0.120. The highest BCUT2D eigenvalue weighted by molar-refractivity contribution is 6.32. The maximum Gasteiger partial charge on any atom is 0.210 e. The highest BCUT2D eigenvalue weighted by atomic mass is 35.5. The Balaban J connectivity index is 0.000000301. The molecule has 1 aliphatic heterocycles. The molecule has 0 saturated carbocycles. The zero-order valence-electron chi connectivity index (χ0n) is 20.2. The highest BCUT2D eigenvalue weighted by Crippen LogP contribution is 2.38. The molecule has 37 heavy (non-hydrogen) atoms. The number of aliphatic hydroxyl groups is 2. The van der Waals surface area contributed by atoms with E-state index in [0.29, 0.717) is 22.3 Å². The smallest absolute Gasteiger partial charge is 0.210 e. The number of ether oxygens (including phenoxy) is 2. The molecule has 3 N–H and O–H groups in total. The van der Waals surface area contributed by atoms with Crippen LogP contribution in [0, 0.1) is 0 Å². The molecule has 1 aromatic heterocycles. The molecule has 2 heterocycles. The van der Waals surface area contributed by atoms with E-state index in [-0.39, 0.29) is 19.3 Å². The van der Waals surface area contributed by atoms with Crippen molar-refractivity contribution >= 4 is 40.5 Å². The van der Waals surface area contributed by atoms with E-state index in [1.54, 1.807) is 30.2 Å². The minimum Gasteiger partial charge on any atom is -0.495 e. The summed E-state index contributed by atoms with van der Waals surface area (Å²) in [6, 6.07) is 20.3. The monoisotopic (exact) mass is 542 g/mol. The van der Waals surface area contributed by atoms with E-state index in [0.717, 1.165) is 40.7 Å². The van der Waals surface area contributed by atoms with Crippen molar-refractivity contribution in [3.05, 3.63) is 93.6 Å². The molecule has 0 spiro atoms. The molecule has 0 radical (unpaired) electrons. The van der Waals surface area contributed by atoms with Crippen LogP contribution in [-0.2, 0) is 11.2 Å². The standard InChI is InChI=1S/C21H21ClN2O4.C7H7ClO/c22-14-3-6-19-18(9-14)17-7-8-24(12-26)21(20(17)23-19)13-1-4-16(5-2-13)28-11-15(27)10-25;1-9-7-5-3-2-4-6(7)8/h1-6,9,12,15,21,23,25,27H,7-8,10-11H2;2-5H,1H3. The number of carbonyl (C=O) groups is 1. The molecule has 2 unspecified atom stereocenters. The number of hydrogen-bond acceptors (Lipinski definition) is 5. The van der Waals surface area contributed by atoms with Gasteiger partial charge in [-0.15, -0.1) is 0 Å². The summed E-state index contributed by atoms with van der Waals surface area (Å²) >= 11 is 11.9. The van der Waals surface area contributed by atoms with E-state index in [9.17, 15) is 9.90 Å². The third-order valence-electron chi connectivity index (χ3n) is 6.17.